The second kappa shape index (κ2) is 6.82. The topological polar surface area (TPSA) is 0 Å². The summed E-state index contributed by atoms with van der Waals surface area (Å²) in [4.78, 5) is 0. The lowest BCUT2D eigenvalue weighted by atomic mass is 10.0. The van der Waals surface area contributed by atoms with Gasteiger partial charge in [-0.2, -0.15) is 0 Å². The van der Waals surface area contributed by atoms with Crippen molar-refractivity contribution >= 4 is 75.3 Å². The summed E-state index contributed by atoms with van der Waals surface area (Å²) in [5.41, 5.74) is 4.42. The highest BCUT2D eigenvalue weighted by molar-refractivity contribution is 9.11. The molecule has 0 nitrogen and oxygen atoms in total. The molecule has 0 radical (unpaired) electrons. The van der Waals surface area contributed by atoms with E-state index in [1.807, 2.05) is 0 Å². The number of aryl methyl sites for hydroxylation is 2. The quantitative estimate of drug-likeness (QED) is 0.339. The van der Waals surface area contributed by atoms with Gasteiger partial charge in [-0.1, -0.05) is 63.7 Å². The predicted octanol–water partition coefficient (Wildman–Crippen LogP) is 7.68. The molecule has 0 amide bonds. The molecule has 0 saturated carbocycles. The Bertz CT molecular complexity index is 563. The Kier molecular flexibility index (Phi) is 5.80. The van der Waals surface area contributed by atoms with Crippen LogP contribution in [-0.2, 0) is 0 Å². The van der Waals surface area contributed by atoms with E-state index >= 15 is 0 Å². The maximum absolute atomic E-state index is 6.74. The monoisotopic (exact) mass is 542 g/mol. The molecule has 0 fully saturated rings. The van der Waals surface area contributed by atoms with Crippen molar-refractivity contribution in [3.63, 3.8) is 0 Å². The van der Waals surface area contributed by atoms with Gasteiger partial charge in [0, 0.05) is 29.0 Å². The van der Waals surface area contributed by atoms with Crippen LogP contribution in [0.5, 0.6) is 0 Å². The minimum absolute atomic E-state index is 0.260. The number of benzene rings is 2. The molecule has 0 saturated heterocycles. The van der Waals surface area contributed by atoms with E-state index in [2.05, 4.69) is 102 Å². The molecule has 0 heterocycles. The molecule has 0 aliphatic carbocycles. The molecule has 0 atom stereocenters. The van der Waals surface area contributed by atoms with Crippen molar-refractivity contribution in [1.29, 1.82) is 0 Å². The molecule has 0 aromatic heterocycles. The zero-order valence-corrected chi connectivity index (χ0v) is 17.9. The summed E-state index contributed by atoms with van der Waals surface area (Å²) in [6.07, 6.45) is 0. The van der Waals surface area contributed by atoms with Crippen molar-refractivity contribution < 1.29 is 0 Å². The summed E-state index contributed by atoms with van der Waals surface area (Å²) in [6.45, 7) is 4.11. The average Bonchev–Trinajstić information content (AvgIpc) is 2.25. The number of halogens is 5. The second-order valence-corrected chi connectivity index (χ2v) is 8.50. The Hall–Kier alpha value is 0.650. The summed E-state index contributed by atoms with van der Waals surface area (Å²) < 4.78 is 4.01. The van der Waals surface area contributed by atoms with Gasteiger partial charge in [0.15, 0.2) is 0 Å². The van der Waals surface area contributed by atoms with Gasteiger partial charge in [0.25, 0.3) is 0 Å². The standard InChI is InChI=1S/C15H11Br4Cl/c1-7-3-9(16)13(10(17)4-7)15(20)14-11(18)5-8(2)6-12(14)19/h3-6,15H,1-2H3. The SMILES string of the molecule is Cc1cc(Br)c(C(Cl)c2c(Br)cc(C)cc2Br)c(Br)c1. The third-order valence-corrected chi connectivity index (χ3v) is 6.01. The van der Waals surface area contributed by atoms with Crippen molar-refractivity contribution in [2.75, 3.05) is 0 Å². The summed E-state index contributed by atoms with van der Waals surface area (Å²) in [6, 6.07) is 8.30. The van der Waals surface area contributed by atoms with Crippen molar-refractivity contribution in [1.82, 2.24) is 0 Å². The normalized spacial score (nSPS) is 11.2. The Labute approximate surface area is 157 Å². The summed E-state index contributed by atoms with van der Waals surface area (Å²) in [5.74, 6) is 0. The fourth-order valence-electron chi connectivity index (χ4n) is 2.05. The van der Waals surface area contributed by atoms with Crippen LogP contribution in [0.25, 0.3) is 0 Å². The molecule has 2 rings (SSSR count). The molecule has 2 aromatic carbocycles. The maximum atomic E-state index is 6.74. The first-order chi connectivity index (χ1) is 9.31. The summed E-state index contributed by atoms with van der Waals surface area (Å²) in [7, 11) is 0. The van der Waals surface area contributed by atoms with Gasteiger partial charge in [0.05, 0.1) is 5.38 Å². The highest BCUT2D eigenvalue weighted by Gasteiger charge is 2.22. The van der Waals surface area contributed by atoms with Gasteiger partial charge < -0.3 is 0 Å². The first kappa shape index (κ1) is 17.0. The lowest BCUT2D eigenvalue weighted by Crippen LogP contribution is -2.00. The van der Waals surface area contributed by atoms with Gasteiger partial charge in [0.2, 0.25) is 0 Å². The molecule has 0 bridgehead atoms. The van der Waals surface area contributed by atoms with E-state index in [9.17, 15) is 0 Å². The molecule has 0 spiro atoms. The van der Waals surface area contributed by atoms with Crippen LogP contribution >= 0.6 is 75.3 Å². The number of alkyl halides is 1. The Morgan fingerprint density at radius 1 is 0.700 bits per heavy atom. The zero-order chi connectivity index (χ0) is 15.0. The van der Waals surface area contributed by atoms with Crippen LogP contribution in [0.15, 0.2) is 42.2 Å². The van der Waals surface area contributed by atoms with Gasteiger partial charge in [-0.3, -0.25) is 0 Å². The molecule has 2 aromatic rings. The van der Waals surface area contributed by atoms with Crippen LogP contribution in [0.2, 0.25) is 0 Å². The Balaban J connectivity index is 2.61. The molecule has 106 valence electrons. The van der Waals surface area contributed by atoms with Crippen LogP contribution in [0.1, 0.15) is 27.6 Å². The maximum Gasteiger partial charge on any atom is 0.0879 e. The van der Waals surface area contributed by atoms with E-state index in [4.69, 9.17) is 11.6 Å². The van der Waals surface area contributed by atoms with Crippen LogP contribution in [0.4, 0.5) is 0 Å². The highest BCUT2D eigenvalue weighted by atomic mass is 79.9. The largest absolute Gasteiger partial charge is 0.112 e. The summed E-state index contributed by atoms with van der Waals surface area (Å²) >= 11 is 21.2. The van der Waals surface area contributed by atoms with Crippen LogP contribution in [-0.4, -0.2) is 0 Å². The van der Waals surface area contributed by atoms with E-state index in [0.717, 1.165) is 29.0 Å². The second-order valence-electron chi connectivity index (χ2n) is 4.65. The number of rotatable bonds is 2. The van der Waals surface area contributed by atoms with E-state index in [-0.39, 0.29) is 5.38 Å². The van der Waals surface area contributed by atoms with E-state index in [1.54, 1.807) is 0 Å². The fourth-order valence-corrected chi connectivity index (χ4v) is 6.79. The number of hydrogen-bond donors (Lipinski definition) is 0. The lowest BCUT2D eigenvalue weighted by Gasteiger charge is -2.18. The van der Waals surface area contributed by atoms with Crippen LogP contribution in [0, 0.1) is 13.8 Å². The molecular formula is C15H11Br4Cl. The van der Waals surface area contributed by atoms with Crippen molar-refractivity contribution in [2.45, 2.75) is 19.2 Å². The van der Waals surface area contributed by atoms with Gasteiger partial charge in [0.1, 0.15) is 0 Å². The van der Waals surface area contributed by atoms with Gasteiger partial charge in [-0.05, 0) is 49.2 Å². The zero-order valence-electron chi connectivity index (χ0n) is 10.8. The third-order valence-electron chi connectivity index (χ3n) is 2.95. The van der Waals surface area contributed by atoms with Crippen molar-refractivity contribution in [2.24, 2.45) is 0 Å². The molecule has 0 aliphatic rings. The van der Waals surface area contributed by atoms with Gasteiger partial charge in [-0.25, -0.2) is 0 Å². The van der Waals surface area contributed by atoms with Crippen molar-refractivity contribution in [3.05, 3.63) is 64.4 Å². The number of hydrogen-bond acceptors (Lipinski definition) is 0. The molecule has 0 unspecified atom stereocenters. The smallest absolute Gasteiger partial charge is 0.0879 e. The Morgan fingerprint density at radius 2 is 0.950 bits per heavy atom. The molecular weight excluding hydrogens is 535 g/mol. The van der Waals surface area contributed by atoms with Gasteiger partial charge in [-0.15, -0.1) is 11.6 Å². The summed E-state index contributed by atoms with van der Waals surface area (Å²) in [5, 5.41) is -0.260. The molecule has 5 heteroatoms. The van der Waals surface area contributed by atoms with Crippen molar-refractivity contribution in [3.8, 4) is 0 Å². The molecule has 20 heavy (non-hydrogen) atoms. The third kappa shape index (κ3) is 3.52. The molecule has 0 aliphatic heterocycles. The highest BCUT2D eigenvalue weighted by Crippen LogP contribution is 2.44. The average molecular weight is 546 g/mol. The van der Waals surface area contributed by atoms with Crippen LogP contribution in [0.3, 0.4) is 0 Å². The van der Waals surface area contributed by atoms with Gasteiger partial charge >= 0.3 is 0 Å². The first-order valence-electron chi connectivity index (χ1n) is 5.86. The first-order valence-corrected chi connectivity index (χ1v) is 9.47. The van der Waals surface area contributed by atoms with E-state index in [0.29, 0.717) is 0 Å². The predicted molar refractivity (Wildman–Crippen MR) is 101 cm³/mol. The van der Waals surface area contributed by atoms with E-state index in [1.165, 1.54) is 11.1 Å². The minimum atomic E-state index is -0.260. The van der Waals surface area contributed by atoms with E-state index < -0.39 is 0 Å². The lowest BCUT2D eigenvalue weighted by molar-refractivity contribution is 1.08. The van der Waals surface area contributed by atoms with Crippen LogP contribution < -0.4 is 0 Å². The molecule has 0 N–H and O–H groups in total. The fraction of sp³-hybridized carbons (Fsp3) is 0.200. The Morgan fingerprint density at radius 3 is 1.20 bits per heavy atom. The minimum Gasteiger partial charge on any atom is -0.112 e.